The number of aromatic nitrogens is 1. The molecule has 0 aliphatic carbocycles. The highest BCUT2D eigenvalue weighted by Crippen LogP contribution is 2.33. The number of likely N-dealkylation sites (tertiary alicyclic amines) is 1. The number of alkyl halides is 3. The summed E-state index contributed by atoms with van der Waals surface area (Å²) in [5.74, 6) is -0.622. The summed E-state index contributed by atoms with van der Waals surface area (Å²) < 4.78 is 39.3. The van der Waals surface area contributed by atoms with E-state index in [2.05, 4.69) is 15.6 Å². The Labute approximate surface area is 260 Å². The molecule has 2 amide bonds. The number of rotatable bonds is 11. The van der Waals surface area contributed by atoms with Crippen molar-refractivity contribution in [2.24, 2.45) is 0 Å². The van der Waals surface area contributed by atoms with Crippen molar-refractivity contribution >= 4 is 11.8 Å². The molecule has 5 rings (SSSR count). The summed E-state index contributed by atoms with van der Waals surface area (Å²) in [5.41, 5.74) is 2.21. The van der Waals surface area contributed by atoms with E-state index < -0.39 is 29.8 Å². The molecule has 1 aliphatic rings. The SMILES string of the molecule is O=C(N[C@@H](Cc1ccccc1)[C@H](O)CNCc1cccc(C(F)(F)F)c1)c1cccc(C(=O)N2CCCC2c2cccnc2)c1. The smallest absolute Gasteiger partial charge is 0.390 e. The summed E-state index contributed by atoms with van der Waals surface area (Å²) >= 11 is 0. The van der Waals surface area contributed by atoms with Gasteiger partial charge in [-0.25, -0.2) is 0 Å². The van der Waals surface area contributed by atoms with Gasteiger partial charge in [-0.1, -0.05) is 60.7 Å². The first-order valence-corrected chi connectivity index (χ1v) is 14.9. The van der Waals surface area contributed by atoms with E-state index in [9.17, 15) is 27.9 Å². The van der Waals surface area contributed by atoms with Gasteiger partial charge in [-0.2, -0.15) is 13.2 Å². The second-order valence-electron chi connectivity index (χ2n) is 11.2. The van der Waals surface area contributed by atoms with Crippen molar-refractivity contribution in [2.75, 3.05) is 13.1 Å². The van der Waals surface area contributed by atoms with Gasteiger partial charge in [0.1, 0.15) is 0 Å². The maximum absolute atomic E-state index is 13.6. The summed E-state index contributed by atoms with van der Waals surface area (Å²) in [5, 5.41) is 17.1. The first kappa shape index (κ1) is 31.9. The van der Waals surface area contributed by atoms with Gasteiger partial charge in [0.25, 0.3) is 11.8 Å². The van der Waals surface area contributed by atoms with Crippen molar-refractivity contribution in [3.8, 4) is 0 Å². The van der Waals surface area contributed by atoms with Gasteiger partial charge in [0.15, 0.2) is 0 Å². The van der Waals surface area contributed by atoms with Crippen molar-refractivity contribution in [1.29, 1.82) is 0 Å². The Kier molecular flexibility index (Phi) is 10.3. The molecule has 4 aromatic rings. The molecule has 3 atom stereocenters. The lowest BCUT2D eigenvalue weighted by Crippen LogP contribution is -2.48. The molecule has 7 nitrogen and oxygen atoms in total. The number of halogens is 3. The summed E-state index contributed by atoms with van der Waals surface area (Å²) in [6.45, 7) is 0.735. The molecule has 234 valence electrons. The quantitative estimate of drug-likeness (QED) is 0.205. The van der Waals surface area contributed by atoms with Crippen LogP contribution in [0, 0.1) is 0 Å². The third-order valence-electron chi connectivity index (χ3n) is 7.97. The molecule has 1 aliphatic heterocycles. The lowest BCUT2D eigenvalue weighted by atomic mass is 10.00. The fourth-order valence-electron chi connectivity index (χ4n) is 5.66. The van der Waals surface area contributed by atoms with Gasteiger partial charge >= 0.3 is 6.18 Å². The molecular weight excluding hydrogens is 581 g/mol. The van der Waals surface area contributed by atoms with Gasteiger partial charge in [0, 0.05) is 43.2 Å². The first-order chi connectivity index (χ1) is 21.7. The molecule has 0 saturated carbocycles. The number of nitrogens with zero attached hydrogens (tertiary/aromatic N) is 2. The molecule has 1 aromatic heterocycles. The van der Waals surface area contributed by atoms with Crippen LogP contribution < -0.4 is 10.6 Å². The topological polar surface area (TPSA) is 94.6 Å². The highest BCUT2D eigenvalue weighted by molar-refractivity contribution is 6.00. The van der Waals surface area contributed by atoms with E-state index in [0.717, 1.165) is 36.1 Å². The van der Waals surface area contributed by atoms with Gasteiger partial charge < -0.3 is 20.6 Å². The Balaban J connectivity index is 1.27. The summed E-state index contributed by atoms with van der Waals surface area (Å²) in [4.78, 5) is 33.0. The molecule has 1 fully saturated rings. The molecule has 1 saturated heterocycles. The van der Waals surface area contributed by atoms with Gasteiger partial charge in [-0.05, 0) is 66.3 Å². The molecule has 45 heavy (non-hydrogen) atoms. The first-order valence-electron chi connectivity index (χ1n) is 14.9. The number of amides is 2. The van der Waals surface area contributed by atoms with E-state index >= 15 is 0 Å². The number of hydrogen-bond donors (Lipinski definition) is 3. The van der Waals surface area contributed by atoms with Crippen LogP contribution in [-0.2, 0) is 19.1 Å². The lowest BCUT2D eigenvalue weighted by Gasteiger charge is -2.26. The Morgan fingerprint density at radius 3 is 2.44 bits per heavy atom. The number of carbonyl (C=O) groups is 2. The lowest BCUT2D eigenvalue weighted by molar-refractivity contribution is -0.137. The molecule has 2 heterocycles. The Bertz CT molecular complexity index is 1580. The monoisotopic (exact) mass is 616 g/mol. The van der Waals surface area contributed by atoms with E-state index in [1.807, 2.05) is 47.4 Å². The van der Waals surface area contributed by atoms with E-state index in [0.29, 0.717) is 24.1 Å². The predicted octanol–water partition coefficient (Wildman–Crippen LogP) is 5.57. The number of aliphatic hydroxyl groups is 1. The maximum atomic E-state index is 13.6. The van der Waals surface area contributed by atoms with Crippen LogP contribution >= 0.6 is 0 Å². The van der Waals surface area contributed by atoms with Gasteiger partial charge in [-0.15, -0.1) is 0 Å². The predicted molar refractivity (Wildman–Crippen MR) is 164 cm³/mol. The zero-order valence-corrected chi connectivity index (χ0v) is 24.6. The van der Waals surface area contributed by atoms with Crippen molar-refractivity contribution in [2.45, 2.75) is 50.2 Å². The largest absolute Gasteiger partial charge is 0.416 e. The second kappa shape index (κ2) is 14.5. The van der Waals surface area contributed by atoms with Crippen molar-refractivity contribution < 1.29 is 27.9 Å². The summed E-state index contributed by atoms with van der Waals surface area (Å²) in [6.07, 6.45) is -0.0239. The maximum Gasteiger partial charge on any atom is 0.416 e. The van der Waals surface area contributed by atoms with Crippen LogP contribution in [0.25, 0.3) is 0 Å². The molecule has 3 N–H and O–H groups in total. The average molecular weight is 617 g/mol. The molecule has 1 unspecified atom stereocenters. The fourth-order valence-corrected chi connectivity index (χ4v) is 5.66. The molecule has 0 bridgehead atoms. The number of hydrogen-bond acceptors (Lipinski definition) is 5. The Hall–Kier alpha value is -4.54. The van der Waals surface area contributed by atoms with E-state index in [1.165, 1.54) is 6.07 Å². The zero-order valence-electron chi connectivity index (χ0n) is 24.6. The fraction of sp³-hybridized carbons (Fsp3) is 0.286. The summed E-state index contributed by atoms with van der Waals surface area (Å²) in [6, 6.07) is 23.9. The minimum Gasteiger partial charge on any atom is -0.390 e. The van der Waals surface area contributed by atoms with Crippen LogP contribution in [0.5, 0.6) is 0 Å². The van der Waals surface area contributed by atoms with Crippen LogP contribution in [0.2, 0.25) is 0 Å². The van der Waals surface area contributed by atoms with Crippen LogP contribution in [0.3, 0.4) is 0 Å². The van der Waals surface area contributed by atoms with Crippen molar-refractivity contribution in [3.63, 3.8) is 0 Å². The van der Waals surface area contributed by atoms with E-state index in [1.54, 1.807) is 42.7 Å². The molecule has 0 radical (unpaired) electrons. The third kappa shape index (κ3) is 8.34. The second-order valence-corrected chi connectivity index (χ2v) is 11.2. The number of carbonyl (C=O) groups excluding carboxylic acids is 2. The van der Waals surface area contributed by atoms with Crippen LogP contribution in [0.1, 0.15) is 61.9 Å². The standard InChI is InChI=1S/C35H35F3N4O3/c36-35(37,38)29-14-4-10-25(18-29)21-40-23-32(43)30(19-24-8-2-1-3-9-24)41-33(44)26-11-5-12-27(20-26)34(45)42-17-7-15-31(42)28-13-6-16-39-22-28/h1-6,8-14,16,18,20,22,30-32,40,43H,7,15,17,19,21,23H2,(H,41,44)/t30-,31?,32+/m0/s1. The third-order valence-corrected chi connectivity index (χ3v) is 7.97. The number of nitrogens with one attached hydrogen (secondary N) is 2. The van der Waals surface area contributed by atoms with Crippen molar-refractivity contribution in [1.82, 2.24) is 20.5 Å². The Morgan fingerprint density at radius 1 is 0.933 bits per heavy atom. The molecule has 3 aromatic carbocycles. The normalized spacial score (nSPS) is 16.3. The number of pyridine rings is 1. The van der Waals surface area contributed by atoms with Gasteiger partial charge in [0.05, 0.1) is 23.8 Å². The highest BCUT2D eigenvalue weighted by atomic mass is 19.4. The number of benzene rings is 3. The van der Waals surface area contributed by atoms with E-state index in [-0.39, 0.29) is 30.6 Å². The van der Waals surface area contributed by atoms with Crippen LogP contribution in [-0.4, -0.2) is 52.0 Å². The van der Waals surface area contributed by atoms with Crippen LogP contribution in [0.4, 0.5) is 13.2 Å². The Morgan fingerprint density at radius 2 is 1.69 bits per heavy atom. The van der Waals surface area contributed by atoms with Gasteiger partial charge in [-0.3, -0.25) is 14.6 Å². The van der Waals surface area contributed by atoms with Gasteiger partial charge in [0.2, 0.25) is 0 Å². The van der Waals surface area contributed by atoms with Crippen LogP contribution in [0.15, 0.2) is 103 Å². The molecular formula is C35H35F3N4O3. The van der Waals surface area contributed by atoms with Crippen molar-refractivity contribution in [3.05, 3.63) is 137 Å². The minimum absolute atomic E-state index is 0.0250. The zero-order chi connectivity index (χ0) is 31.8. The minimum atomic E-state index is -4.45. The summed E-state index contributed by atoms with van der Waals surface area (Å²) in [7, 11) is 0. The number of aliphatic hydroxyl groups excluding tert-OH is 1. The highest BCUT2D eigenvalue weighted by Gasteiger charge is 2.32. The van der Waals surface area contributed by atoms with E-state index in [4.69, 9.17) is 0 Å². The average Bonchev–Trinajstić information content (AvgIpc) is 3.55. The molecule has 0 spiro atoms. The molecule has 10 heteroatoms.